The normalized spacial score (nSPS) is 15.4. The maximum absolute atomic E-state index is 11.7. The van der Waals surface area contributed by atoms with E-state index in [1.807, 2.05) is 0 Å². The van der Waals surface area contributed by atoms with E-state index in [1.54, 1.807) is 0 Å². The summed E-state index contributed by atoms with van der Waals surface area (Å²) in [6.07, 6.45) is -3.43. The molecule has 0 aliphatic heterocycles. The Morgan fingerprint density at radius 2 is 2.00 bits per heavy atom. The molecule has 0 saturated carbocycles. The second-order valence-corrected chi connectivity index (χ2v) is 2.11. The molecule has 0 aromatic carbocycles. The molecule has 0 aromatic heterocycles. The fourth-order valence-corrected chi connectivity index (χ4v) is 0.556. The van der Waals surface area contributed by atoms with Crippen molar-refractivity contribution < 1.29 is 13.2 Å². The predicted octanol–water partition coefficient (Wildman–Crippen LogP) is 1.91. The smallest absolute Gasteiger partial charge is 0.300 e. The molecule has 0 aromatic rings. The zero-order valence-corrected chi connectivity index (χ0v) is 6.24. The third kappa shape index (κ3) is 3.15. The van der Waals surface area contributed by atoms with Gasteiger partial charge in [-0.05, 0) is 0 Å². The number of hydrogen-bond donors (Lipinski definition) is 1. The van der Waals surface area contributed by atoms with Gasteiger partial charge in [-0.15, -0.1) is 0 Å². The fourth-order valence-electron chi connectivity index (χ4n) is 0.556. The Morgan fingerprint density at radius 3 is 2.27 bits per heavy atom. The van der Waals surface area contributed by atoms with Crippen LogP contribution in [0.3, 0.4) is 0 Å². The van der Waals surface area contributed by atoms with Crippen molar-refractivity contribution in [3.8, 4) is 0 Å². The van der Waals surface area contributed by atoms with Crippen molar-refractivity contribution in [2.24, 2.45) is 10.9 Å². The molecule has 0 fully saturated rings. The standard InChI is InChI=1S/C6H9F3N2/c1-4(3-11-2)5(10)6(7,8)9/h3-4,10H,1-2H3. The Hall–Kier alpha value is -0.870. The SMILES string of the molecule is CN=CC(C)C(=N)C(F)(F)F. The highest BCUT2D eigenvalue weighted by Crippen LogP contribution is 2.20. The number of rotatable bonds is 2. The second-order valence-electron chi connectivity index (χ2n) is 2.11. The van der Waals surface area contributed by atoms with Gasteiger partial charge in [-0.3, -0.25) is 5.41 Å². The molecule has 5 heteroatoms. The summed E-state index contributed by atoms with van der Waals surface area (Å²) in [5.41, 5.74) is -1.26. The molecule has 0 spiro atoms. The molecule has 0 amide bonds. The Labute approximate surface area is 62.6 Å². The molecule has 0 radical (unpaired) electrons. The lowest BCUT2D eigenvalue weighted by Crippen LogP contribution is -2.28. The topological polar surface area (TPSA) is 36.2 Å². The van der Waals surface area contributed by atoms with Gasteiger partial charge in [0.05, 0.1) is 0 Å². The van der Waals surface area contributed by atoms with E-state index in [4.69, 9.17) is 5.41 Å². The first-order valence-corrected chi connectivity index (χ1v) is 2.97. The van der Waals surface area contributed by atoms with Crippen LogP contribution < -0.4 is 0 Å². The Morgan fingerprint density at radius 1 is 1.55 bits per heavy atom. The molecular formula is C6H9F3N2. The van der Waals surface area contributed by atoms with Gasteiger partial charge in [-0.2, -0.15) is 13.2 Å². The molecule has 11 heavy (non-hydrogen) atoms. The number of nitrogens with one attached hydrogen (secondary N) is 1. The van der Waals surface area contributed by atoms with Gasteiger partial charge in [0, 0.05) is 19.2 Å². The molecule has 1 atom stereocenters. The van der Waals surface area contributed by atoms with E-state index in [0.717, 1.165) is 6.21 Å². The quantitative estimate of drug-likeness (QED) is 0.608. The molecule has 0 saturated heterocycles. The number of aliphatic imine (C=N–C) groups is 1. The lowest BCUT2D eigenvalue weighted by molar-refractivity contribution is -0.0621. The van der Waals surface area contributed by atoms with Crippen molar-refractivity contribution in [3.05, 3.63) is 0 Å². The average molecular weight is 166 g/mol. The van der Waals surface area contributed by atoms with Crippen molar-refractivity contribution >= 4 is 11.9 Å². The van der Waals surface area contributed by atoms with E-state index in [-0.39, 0.29) is 0 Å². The van der Waals surface area contributed by atoms with Gasteiger partial charge in [0.25, 0.3) is 0 Å². The van der Waals surface area contributed by atoms with Crippen LogP contribution in [0.25, 0.3) is 0 Å². The lowest BCUT2D eigenvalue weighted by Gasteiger charge is -2.10. The van der Waals surface area contributed by atoms with Crippen LogP contribution in [0.5, 0.6) is 0 Å². The summed E-state index contributed by atoms with van der Waals surface area (Å²) in [7, 11) is 1.38. The summed E-state index contributed by atoms with van der Waals surface area (Å²) in [4.78, 5) is 3.40. The molecule has 0 heterocycles. The maximum atomic E-state index is 11.7. The minimum Gasteiger partial charge on any atom is -0.300 e. The first-order chi connectivity index (χ1) is 4.89. The van der Waals surface area contributed by atoms with Crippen LogP contribution in [0, 0.1) is 11.3 Å². The van der Waals surface area contributed by atoms with Gasteiger partial charge in [0.15, 0.2) is 0 Å². The van der Waals surface area contributed by atoms with Gasteiger partial charge in [0.2, 0.25) is 0 Å². The minimum absolute atomic E-state index is 0.958. The van der Waals surface area contributed by atoms with E-state index in [1.165, 1.54) is 14.0 Å². The van der Waals surface area contributed by atoms with Crippen LogP contribution in [0.1, 0.15) is 6.92 Å². The highest BCUT2D eigenvalue weighted by molar-refractivity contribution is 5.99. The summed E-state index contributed by atoms with van der Waals surface area (Å²) in [5.74, 6) is -0.958. The molecule has 0 aliphatic rings. The van der Waals surface area contributed by atoms with Gasteiger partial charge in [0.1, 0.15) is 5.71 Å². The van der Waals surface area contributed by atoms with Gasteiger partial charge in [-0.1, -0.05) is 6.92 Å². The van der Waals surface area contributed by atoms with Gasteiger partial charge in [-0.25, -0.2) is 0 Å². The van der Waals surface area contributed by atoms with Crippen molar-refractivity contribution in [2.75, 3.05) is 7.05 Å². The highest BCUT2D eigenvalue weighted by Gasteiger charge is 2.36. The summed E-state index contributed by atoms with van der Waals surface area (Å²) >= 11 is 0. The minimum atomic E-state index is -4.53. The largest absolute Gasteiger partial charge is 0.429 e. The van der Waals surface area contributed by atoms with E-state index >= 15 is 0 Å². The Bertz CT molecular complexity index is 171. The number of nitrogens with zero attached hydrogens (tertiary/aromatic N) is 1. The zero-order chi connectivity index (χ0) is 9.07. The molecule has 1 unspecified atom stereocenters. The summed E-state index contributed by atoms with van der Waals surface area (Å²) in [6, 6.07) is 0. The lowest BCUT2D eigenvalue weighted by atomic mass is 10.1. The van der Waals surface area contributed by atoms with Crippen LogP contribution in [-0.2, 0) is 0 Å². The molecule has 2 nitrogen and oxygen atoms in total. The van der Waals surface area contributed by atoms with Crippen LogP contribution in [0.15, 0.2) is 4.99 Å². The van der Waals surface area contributed by atoms with Crippen molar-refractivity contribution in [3.63, 3.8) is 0 Å². The zero-order valence-electron chi connectivity index (χ0n) is 6.24. The van der Waals surface area contributed by atoms with E-state index in [9.17, 15) is 13.2 Å². The average Bonchev–Trinajstić information content (AvgIpc) is 1.85. The number of hydrogen-bond acceptors (Lipinski definition) is 2. The monoisotopic (exact) mass is 166 g/mol. The second kappa shape index (κ2) is 3.50. The summed E-state index contributed by atoms with van der Waals surface area (Å²) < 4.78 is 35.2. The van der Waals surface area contributed by atoms with E-state index in [2.05, 4.69) is 4.99 Å². The van der Waals surface area contributed by atoms with Crippen LogP contribution >= 0.6 is 0 Å². The molecule has 0 aliphatic carbocycles. The summed E-state index contributed by atoms with van der Waals surface area (Å²) in [6.45, 7) is 1.28. The van der Waals surface area contributed by atoms with Crippen molar-refractivity contribution in [1.29, 1.82) is 5.41 Å². The summed E-state index contributed by atoms with van der Waals surface area (Å²) in [5, 5.41) is 6.63. The third-order valence-electron chi connectivity index (χ3n) is 1.13. The predicted molar refractivity (Wildman–Crippen MR) is 37.4 cm³/mol. The maximum Gasteiger partial charge on any atom is 0.429 e. The first kappa shape index (κ1) is 10.1. The molecule has 0 rings (SSSR count). The molecule has 64 valence electrons. The Balaban J connectivity index is 4.26. The molecule has 0 bridgehead atoms. The van der Waals surface area contributed by atoms with Gasteiger partial charge < -0.3 is 4.99 Å². The first-order valence-electron chi connectivity index (χ1n) is 2.97. The number of halogens is 3. The van der Waals surface area contributed by atoms with Crippen LogP contribution in [0.2, 0.25) is 0 Å². The van der Waals surface area contributed by atoms with E-state index in [0.29, 0.717) is 0 Å². The number of alkyl halides is 3. The fraction of sp³-hybridized carbons (Fsp3) is 0.667. The third-order valence-corrected chi connectivity index (χ3v) is 1.13. The Kier molecular flexibility index (Phi) is 3.22. The highest BCUT2D eigenvalue weighted by atomic mass is 19.4. The van der Waals surface area contributed by atoms with Crippen molar-refractivity contribution in [2.45, 2.75) is 13.1 Å². The molecule has 1 N–H and O–H groups in total. The van der Waals surface area contributed by atoms with E-state index < -0.39 is 17.8 Å². The van der Waals surface area contributed by atoms with Crippen molar-refractivity contribution in [1.82, 2.24) is 0 Å². The van der Waals surface area contributed by atoms with Crippen LogP contribution in [0.4, 0.5) is 13.2 Å². The molecular weight excluding hydrogens is 157 g/mol. The van der Waals surface area contributed by atoms with Gasteiger partial charge >= 0.3 is 6.18 Å². The van der Waals surface area contributed by atoms with Crippen LogP contribution in [-0.4, -0.2) is 25.2 Å².